The molecule has 3 rings (SSSR count). The van der Waals surface area contributed by atoms with Gasteiger partial charge in [0.2, 0.25) is 0 Å². The Kier molecular flexibility index (Phi) is 5.56. The monoisotopic (exact) mass is 419 g/mol. The SMILES string of the molecule is Cc1cccc(NC(=O)N2CCN(C(=O)c3cc(F)ccc3Br)CC2)c1. The van der Waals surface area contributed by atoms with Gasteiger partial charge in [-0.1, -0.05) is 12.1 Å². The van der Waals surface area contributed by atoms with E-state index in [1.165, 1.54) is 18.2 Å². The number of urea groups is 1. The lowest BCUT2D eigenvalue weighted by atomic mass is 10.1. The Bertz CT molecular complexity index is 835. The number of rotatable bonds is 2. The van der Waals surface area contributed by atoms with Crippen LogP contribution in [0.25, 0.3) is 0 Å². The van der Waals surface area contributed by atoms with Gasteiger partial charge in [0.15, 0.2) is 0 Å². The van der Waals surface area contributed by atoms with Crippen LogP contribution < -0.4 is 5.32 Å². The van der Waals surface area contributed by atoms with Crippen LogP contribution in [0, 0.1) is 12.7 Å². The van der Waals surface area contributed by atoms with Gasteiger partial charge in [-0.25, -0.2) is 9.18 Å². The molecule has 0 atom stereocenters. The Morgan fingerprint density at radius 3 is 2.42 bits per heavy atom. The second kappa shape index (κ2) is 7.86. The molecular formula is C19H19BrFN3O2. The number of amides is 3. The van der Waals surface area contributed by atoms with Crippen LogP contribution in [0.1, 0.15) is 15.9 Å². The summed E-state index contributed by atoms with van der Waals surface area (Å²) in [6.45, 7) is 3.63. The van der Waals surface area contributed by atoms with E-state index in [4.69, 9.17) is 0 Å². The van der Waals surface area contributed by atoms with E-state index in [2.05, 4.69) is 21.2 Å². The number of benzene rings is 2. The molecule has 1 aliphatic rings. The molecule has 0 radical (unpaired) electrons. The van der Waals surface area contributed by atoms with Gasteiger partial charge in [-0.3, -0.25) is 4.79 Å². The van der Waals surface area contributed by atoms with E-state index in [0.717, 1.165) is 11.3 Å². The molecule has 26 heavy (non-hydrogen) atoms. The number of aryl methyl sites for hydroxylation is 1. The van der Waals surface area contributed by atoms with E-state index < -0.39 is 5.82 Å². The third-order valence-corrected chi connectivity index (χ3v) is 4.97. The summed E-state index contributed by atoms with van der Waals surface area (Å²) in [7, 11) is 0. The molecule has 2 aromatic rings. The fourth-order valence-electron chi connectivity index (χ4n) is 2.87. The molecule has 7 heteroatoms. The Balaban J connectivity index is 1.59. The molecule has 5 nitrogen and oxygen atoms in total. The van der Waals surface area contributed by atoms with Gasteiger partial charge in [0.05, 0.1) is 5.56 Å². The molecule has 0 bridgehead atoms. The maximum absolute atomic E-state index is 13.4. The number of piperazine rings is 1. The van der Waals surface area contributed by atoms with Crippen molar-refractivity contribution in [3.05, 3.63) is 63.9 Å². The van der Waals surface area contributed by atoms with Crippen molar-refractivity contribution in [1.29, 1.82) is 0 Å². The van der Waals surface area contributed by atoms with Gasteiger partial charge in [0, 0.05) is 36.3 Å². The molecule has 2 aromatic carbocycles. The predicted molar refractivity (Wildman–Crippen MR) is 102 cm³/mol. The molecule has 1 aliphatic heterocycles. The molecular weight excluding hydrogens is 401 g/mol. The second-order valence-electron chi connectivity index (χ2n) is 6.20. The molecule has 0 unspecified atom stereocenters. The highest BCUT2D eigenvalue weighted by atomic mass is 79.9. The predicted octanol–water partition coefficient (Wildman–Crippen LogP) is 3.89. The van der Waals surface area contributed by atoms with Gasteiger partial charge < -0.3 is 15.1 Å². The topological polar surface area (TPSA) is 52.7 Å². The molecule has 0 saturated carbocycles. The number of nitrogens with one attached hydrogen (secondary N) is 1. The average molecular weight is 420 g/mol. The summed E-state index contributed by atoms with van der Waals surface area (Å²) >= 11 is 3.29. The number of carbonyl (C=O) groups is 2. The van der Waals surface area contributed by atoms with Crippen LogP contribution in [-0.2, 0) is 0 Å². The van der Waals surface area contributed by atoms with Crippen LogP contribution in [0.15, 0.2) is 46.9 Å². The van der Waals surface area contributed by atoms with Crippen molar-refractivity contribution < 1.29 is 14.0 Å². The van der Waals surface area contributed by atoms with Crippen molar-refractivity contribution in [1.82, 2.24) is 9.80 Å². The Labute approximate surface area is 159 Å². The van der Waals surface area contributed by atoms with Crippen molar-refractivity contribution in [2.75, 3.05) is 31.5 Å². The van der Waals surface area contributed by atoms with E-state index in [1.807, 2.05) is 31.2 Å². The summed E-state index contributed by atoms with van der Waals surface area (Å²) < 4.78 is 14.0. The molecule has 1 heterocycles. The summed E-state index contributed by atoms with van der Waals surface area (Å²) in [5, 5.41) is 2.87. The lowest BCUT2D eigenvalue weighted by Gasteiger charge is -2.35. The van der Waals surface area contributed by atoms with Crippen molar-refractivity contribution in [3.8, 4) is 0 Å². The smallest absolute Gasteiger partial charge is 0.321 e. The zero-order valence-corrected chi connectivity index (χ0v) is 15.9. The number of hydrogen-bond donors (Lipinski definition) is 1. The van der Waals surface area contributed by atoms with Gasteiger partial charge in [0.1, 0.15) is 5.82 Å². The Hall–Kier alpha value is -2.41. The average Bonchev–Trinajstić information content (AvgIpc) is 2.63. The largest absolute Gasteiger partial charge is 0.335 e. The third kappa shape index (κ3) is 4.22. The molecule has 1 fully saturated rings. The number of carbonyl (C=O) groups excluding carboxylic acids is 2. The van der Waals surface area contributed by atoms with Crippen molar-refractivity contribution in [2.24, 2.45) is 0 Å². The van der Waals surface area contributed by atoms with Gasteiger partial charge >= 0.3 is 6.03 Å². The third-order valence-electron chi connectivity index (χ3n) is 4.28. The van der Waals surface area contributed by atoms with Crippen molar-refractivity contribution >= 4 is 33.6 Å². The number of hydrogen-bond acceptors (Lipinski definition) is 2. The summed E-state index contributed by atoms with van der Waals surface area (Å²) in [5.41, 5.74) is 2.11. The van der Waals surface area contributed by atoms with E-state index in [-0.39, 0.29) is 11.9 Å². The molecule has 136 valence electrons. The first-order chi connectivity index (χ1) is 12.4. The lowest BCUT2D eigenvalue weighted by Crippen LogP contribution is -2.51. The standard InChI is InChI=1S/C19H19BrFN3O2/c1-13-3-2-4-15(11-13)22-19(26)24-9-7-23(8-10-24)18(25)16-12-14(21)5-6-17(16)20/h2-6,11-12H,7-10H2,1H3,(H,22,26). The van der Waals surface area contributed by atoms with E-state index in [9.17, 15) is 14.0 Å². The fourth-order valence-corrected chi connectivity index (χ4v) is 3.29. The first-order valence-electron chi connectivity index (χ1n) is 8.31. The van der Waals surface area contributed by atoms with Crippen LogP contribution in [0.2, 0.25) is 0 Å². The second-order valence-corrected chi connectivity index (χ2v) is 7.06. The van der Waals surface area contributed by atoms with Gasteiger partial charge in [0.25, 0.3) is 5.91 Å². The molecule has 1 N–H and O–H groups in total. The van der Waals surface area contributed by atoms with Crippen LogP contribution in [0.4, 0.5) is 14.9 Å². The van der Waals surface area contributed by atoms with E-state index in [0.29, 0.717) is 36.2 Å². The minimum Gasteiger partial charge on any atom is -0.335 e. The molecule has 0 aromatic heterocycles. The first kappa shape index (κ1) is 18.4. The Morgan fingerprint density at radius 2 is 1.73 bits per heavy atom. The van der Waals surface area contributed by atoms with Crippen LogP contribution >= 0.6 is 15.9 Å². The quantitative estimate of drug-likeness (QED) is 0.802. The molecule has 0 spiro atoms. The highest BCUT2D eigenvalue weighted by Gasteiger charge is 2.26. The van der Waals surface area contributed by atoms with Gasteiger partial charge in [-0.15, -0.1) is 0 Å². The van der Waals surface area contributed by atoms with Crippen molar-refractivity contribution in [2.45, 2.75) is 6.92 Å². The number of halogens is 2. The van der Waals surface area contributed by atoms with Crippen LogP contribution in [0.3, 0.4) is 0 Å². The van der Waals surface area contributed by atoms with Crippen LogP contribution in [-0.4, -0.2) is 47.9 Å². The van der Waals surface area contributed by atoms with E-state index >= 15 is 0 Å². The number of nitrogens with zero attached hydrogens (tertiary/aromatic N) is 2. The minimum atomic E-state index is -0.451. The normalized spacial score (nSPS) is 14.3. The summed E-state index contributed by atoms with van der Waals surface area (Å²) in [4.78, 5) is 28.3. The molecule has 0 aliphatic carbocycles. The van der Waals surface area contributed by atoms with Crippen LogP contribution in [0.5, 0.6) is 0 Å². The Morgan fingerprint density at radius 1 is 1.04 bits per heavy atom. The first-order valence-corrected chi connectivity index (χ1v) is 9.10. The minimum absolute atomic E-state index is 0.186. The highest BCUT2D eigenvalue weighted by Crippen LogP contribution is 2.20. The molecule has 1 saturated heterocycles. The zero-order chi connectivity index (χ0) is 18.7. The lowest BCUT2D eigenvalue weighted by molar-refractivity contribution is 0.0670. The van der Waals surface area contributed by atoms with Gasteiger partial charge in [-0.05, 0) is 58.7 Å². The molecule has 3 amide bonds. The maximum Gasteiger partial charge on any atom is 0.321 e. The maximum atomic E-state index is 13.4. The summed E-state index contributed by atoms with van der Waals surface area (Å²) in [6, 6.07) is 11.5. The van der Waals surface area contributed by atoms with Crippen molar-refractivity contribution in [3.63, 3.8) is 0 Å². The van der Waals surface area contributed by atoms with Gasteiger partial charge in [-0.2, -0.15) is 0 Å². The van der Waals surface area contributed by atoms with E-state index in [1.54, 1.807) is 9.80 Å². The number of anilines is 1. The zero-order valence-electron chi connectivity index (χ0n) is 14.3. The highest BCUT2D eigenvalue weighted by molar-refractivity contribution is 9.10. The summed E-state index contributed by atoms with van der Waals surface area (Å²) in [6.07, 6.45) is 0. The fraction of sp³-hybridized carbons (Fsp3) is 0.263. The summed E-state index contributed by atoms with van der Waals surface area (Å²) in [5.74, 6) is -0.692.